The number of nitrogens with zero attached hydrogens (tertiary/aromatic N) is 4. The van der Waals surface area contributed by atoms with Crippen molar-refractivity contribution in [3.8, 4) is 0 Å². The van der Waals surface area contributed by atoms with Crippen LogP contribution in [0.3, 0.4) is 0 Å². The minimum Gasteiger partial charge on any atom is -0.271 e. The molecule has 8 nitrogen and oxygen atoms in total. The van der Waals surface area contributed by atoms with Crippen LogP contribution in [-0.4, -0.2) is 38.2 Å². The summed E-state index contributed by atoms with van der Waals surface area (Å²) in [5, 5.41) is 5.56. The first-order valence-corrected chi connectivity index (χ1v) is 6.40. The van der Waals surface area contributed by atoms with E-state index in [0.717, 1.165) is 11.5 Å². The summed E-state index contributed by atoms with van der Waals surface area (Å²) < 4.78 is 3.53. The number of urea groups is 1. The van der Waals surface area contributed by atoms with Crippen molar-refractivity contribution in [2.75, 3.05) is 0 Å². The number of allylic oxidation sites excluding steroid dienone is 3. The summed E-state index contributed by atoms with van der Waals surface area (Å²) in [6.45, 7) is 0. The first-order valence-electron chi connectivity index (χ1n) is 5.56. The van der Waals surface area contributed by atoms with Crippen molar-refractivity contribution in [1.29, 1.82) is 0 Å². The highest BCUT2D eigenvalue weighted by Crippen LogP contribution is 2.18. The number of hydrogen-bond donors (Lipinski definition) is 1. The van der Waals surface area contributed by atoms with Crippen molar-refractivity contribution < 1.29 is 14.4 Å². The lowest BCUT2D eigenvalue weighted by molar-refractivity contribution is -0.131. The van der Waals surface area contributed by atoms with Crippen LogP contribution in [0.1, 0.15) is 10.5 Å². The van der Waals surface area contributed by atoms with Gasteiger partial charge < -0.3 is 0 Å². The molecule has 1 aliphatic carbocycles. The van der Waals surface area contributed by atoms with E-state index in [0.29, 0.717) is 10.7 Å². The van der Waals surface area contributed by atoms with Gasteiger partial charge in [0, 0.05) is 5.38 Å². The molecule has 1 aromatic rings. The molecule has 2 heterocycles. The Morgan fingerprint density at radius 1 is 1.35 bits per heavy atom. The zero-order valence-corrected chi connectivity index (χ0v) is 10.7. The van der Waals surface area contributed by atoms with Gasteiger partial charge in [-0.2, -0.15) is 10.0 Å². The maximum Gasteiger partial charge on any atom is 0.369 e. The lowest BCUT2D eigenvalue weighted by Gasteiger charge is -2.27. The largest absolute Gasteiger partial charge is 0.369 e. The quantitative estimate of drug-likeness (QED) is 0.844. The van der Waals surface area contributed by atoms with Crippen LogP contribution in [-0.2, 0) is 4.79 Å². The topological polar surface area (TPSA) is 105 Å². The highest BCUT2D eigenvalue weighted by atomic mass is 32.1. The third kappa shape index (κ3) is 2.03. The molecule has 3 rings (SSSR count). The Morgan fingerprint density at radius 3 is 2.95 bits per heavy atom. The number of hydrazine groups is 1. The Morgan fingerprint density at radius 2 is 2.20 bits per heavy atom. The van der Waals surface area contributed by atoms with E-state index in [2.05, 4.69) is 20.0 Å². The molecule has 2 aliphatic rings. The molecule has 0 spiro atoms. The van der Waals surface area contributed by atoms with Gasteiger partial charge in [-0.3, -0.25) is 15.0 Å². The molecule has 1 N–H and O–H groups in total. The number of fused-ring (bicyclic) bond motifs is 1. The van der Waals surface area contributed by atoms with Gasteiger partial charge in [-0.05, 0) is 17.6 Å². The highest BCUT2D eigenvalue weighted by molar-refractivity contribution is 7.03. The number of amides is 4. The van der Waals surface area contributed by atoms with Crippen LogP contribution in [0.5, 0.6) is 0 Å². The summed E-state index contributed by atoms with van der Waals surface area (Å²) in [7, 11) is 0. The number of carbonyl (C=O) groups is 3. The smallest absolute Gasteiger partial charge is 0.271 e. The average Bonchev–Trinajstić information content (AvgIpc) is 2.97. The Labute approximate surface area is 116 Å². The molecule has 0 aromatic carbocycles. The number of aliphatic imine (C=N–C) groups is 1. The van der Waals surface area contributed by atoms with Crippen LogP contribution in [0.4, 0.5) is 4.79 Å². The molecule has 1 aromatic heterocycles. The standard InChI is InChI=1S/C11H7N5O3S/c17-9(8-5-20-15-13-8)14-16-10(18)6-3-1-2-4-7(6)12-11(16)19/h1-6H,(H,14,17). The molecule has 0 radical (unpaired) electrons. The molecule has 100 valence electrons. The Bertz CT molecular complexity index is 676. The van der Waals surface area contributed by atoms with Gasteiger partial charge in [0.25, 0.3) is 11.8 Å². The molecular formula is C11H7N5O3S. The van der Waals surface area contributed by atoms with Crippen molar-refractivity contribution >= 4 is 35.1 Å². The van der Waals surface area contributed by atoms with E-state index in [-0.39, 0.29) is 5.69 Å². The van der Waals surface area contributed by atoms with Gasteiger partial charge in [-0.25, -0.2) is 4.79 Å². The summed E-state index contributed by atoms with van der Waals surface area (Å²) in [5.41, 5.74) is 2.58. The molecule has 4 amide bonds. The Balaban J connectivity index is 1.84. The van der Waals surface area contributed by atoms with Crippen molar-refractivity contribution in [3.05, 3.63) is 35.4 Å². The first kappa shape index (κ1) is 12.4. The molecule has 20 heavy (non-hydrogen) atoms. The van der Waals surface area contributed by atoms with Gasteiger partial charge in [-0.1, -0.05) is 22.7 Å². The van der Waals surface area contributed by atoms with E-state index >= 15 is 0 Å². The normalized spacial score (nSPS) is 20.7. The maximum atomic E-state index is 12.2. The molecule has 1 atom stereocenters. The fourth-order valence-electron chi connectivity index (χ4n) is 1.77. The highest BCUT2D eigenvalue weighted by Gasteiger charge is 2.37. The third-order valence-electron chi connectivity index (χ3n) is 2.71. The third-order valence-corrected chi connectivity index (χ3v) is 3.21. The maximum absolute atomic E-state index is 12.2. The number of imide groups is 1. The van der Waals surface area contributed by atoms with Crippen LogP contribution in [0.15, 0.2) is 34.7 Å². The van der Waals surface area contributed by atoms with E-state index in [1.54, 1.807) is 24.3 Å². The first-order chi connectivity index (χ1) is 9.66. The fourth-order valence-corrected chi connectivity index (χ4v) is 2.20. The van der Waals surface area contributed by atoms with E-state index in [1.165, 1.54) is 5.38 Å². The summed E-state index contributed by atoms with van der Waals surface area (Å²) >= 11 is 0.992. The van der Waals surface area contributed by atoms with E-state index < -0.39 is 23.8 Å². The molecule has 9 heteroatoms. The second-order valence-corrected chi connectivity index (χ2v) is 4.56. The number of nitrogens with one attached hydrogen (secondary N) is 1. The molecule has 0 saturated carbocycles. The second-order valence-electron chi connectivity index (χ2n) is 3.95. The Hall–Kier alpha value is -2.68. The van der Waals surface area contributed by atoms with Crippen LogP contribution in [0.2, 0.25) is 0 Å². The second kappa shape index (κ2) is 4.78. The number of aromatic nitrogens is 2. The minimum atomic E-state index is -0.835. The zero-order chi connectivity index (χ0) is 14.1. The summed E-state index contributed by atoms with van der Waals surface area (Å²) in [6.07, 6.45) is 6.56. The predicted molar refractivity (Wildman–Crippen MR) is 68.8 cm³/mol. The summed E-state index contributed by atoms with van der Waals surface area (Å²) in [4.78, 5) is 39.5. The van der Waals surface area contributed by atoms with Crippen molar-refractivity contribution in [2.24, 2.45) is 10.9 Å². The number of carbonyl (C=O) groups excluding carboxylic acids is 3. The van der Waals surface area contributed by atoms with Crippen LogP contribution < -0.4 is 5.43 Å². The van der Waals surface area contributed by atoms with E-state index in [4.69, 9.17) is 0 Å². The lowest BCUT2D eigenvalue weighted by atomic mass is 9.96. The van der Waals surface area contributed by atoms with Gasteiger partial charge in [0.15, 0.2) is 5.69 Å². The van der Waals surface area contributed by atoms with Gasteiger partial charge in [0.2, 0.25) is 0 Å². The summed E-state index contributed by atoms with van der Waals surface area (Å²) in [6, 6.07) is -0.835. The molecule has 0 bridgehead atoms. The van der Waals surface area contributed by atoms with E-state index in [9.17, 15) is 14.4 Å². The van der Waals surface area contributed by atoms with Crippen LogP contribution in [0.25, 0.3) is 0 Å². The lowest BCUT2D eigenvalue weighted by Crippen LogP contribution is -2.54. The Kier molecular flexibility index (Phi) is 2.95. The molecule has 0 fully saturated rings. The number of rotatable bonds is 2. The molecule has 0 saturated heterocycles. The molecular weight excluding hydrogens is 282 g/mol. The summed E-state index contributed by atoms with van der Waals surface area (Å²) in [5.74, 6) is -1.90. The SMILES string of the molecule is O=C(NN1C(=O)N=C2C=CC=CC2C1=O)c1csnn1. The fraction of sp³-hybridized carbons (Fsp3) is 0.0909. The van der Waals surface area contributed by atoms with Crippen LogP contribution in [0, 0.1) is 5.92 Å². The minimum absolute atomic E-state index is 0.0319. The van der Waals surface area contributed by atoms with Crippen molar-refractivity contribution in [2.45, 2.75) is 0 Å². The van der Waals surface area contributed by atoms with Gasteiger partial charge >= 0.3 is 6.03 Å². The van der Waals surface area contributed by atoms with Gasteiger partial charge in [0.05, 0.1) is 5.71 Å². The zero-order valence-electron chi connectivity index (χ0n) is 9.89. The van der Waals surface area contributed by atoms with Crippen molar-refractivity contribution in [3.63, 3.8) is 0 Å². The van der Waals surface area contributed by atoms with Gasteiger partial charge in [-0.15, -0.1) is 5.10 Å². The van der Waals surface area contributed by atoms with E-state index in [1.807, 2.05) is 0 Å². The average molecular weight is 289 g/mol. The van der Waals surface area contributed by atoms with Crippen LogP contribution >= 0.6 is 11.5 Å². The van der Waals surface area contributed by atoms with Crippen molar-refractivity contribution in [1.82, 2.24) is 20.0 Å². The monoisotopic (exact) mass is 289 g/mol. The van der Waals surface area contributed by atoms with Gasteiger partial charge in [0.1, 0.15) is 5.92 Å². The molecule has 1 unspecified atom stereocenters. The molecule has 1 aliphatic heterocycles. The predicted octanol–water partition coefficient (Wildman–Crippen LogP) is 0.328. The number of hydrogen-bond acceptors (Lipinski definition) is 6.